The molecule has 0 heterocycles. The molecule has 1 aromatic carbocycles. The lowest BCUT2D eigenvalue weighted by Gasteiger charge is -2.22. The predicted octanol–water partition coefficient (Wildman–Crippen LogP) is 5.91. The Labute approximate surface area is 136 Å². The molecular weight excluding hydrogens is 272 g/mol. The molecule has 0 N–H and O–H groups in total. The van der Waals surface area contributed by atoms with E-state index >= 15 is 0 Å². The molecular formula is C20H32O2. The van der Waals surface area contributed by atoms with Gasteiger partial charge in [0.25, 0.3) is 0 Å². The van der Waals surface area contributed by atoms with Gasteiger partial charge < -0.3 is 9.47 Å². The Morgan fingerprint density at radius 2 is 1.91 bits per heavy atom. The van der Waals surface area contributed by atoms with Crippen LogP contribution >= 0.6 is 0 Å². The molecule has 1 aliphatic carbocycles. The Bertz CT molecular complexity index is 423. The van der Waals surface area contributed by atoms with Gasteiger partial charge in [-0.25, -0.2) is 0 Å². The van der Waals surface area contributed by atoms with Gasteiger partial charge in [-0.1, -0.05) is 58.1 Å². The van der Waals surface area contributed by atoms with Crippen molar-refractivity contribution in [3.05, 3.63) is 29.8 Å². The lowest BCUT2D eigenvalue weighted by Crippen LogP contribution is -2.19. The van der Waals surface area contributed by atoms with Gasteiger partial charge in [0.15, 0.2) is 6.29 Å². The van der Waals surface area contributed by atoms with Crippen LogP contribution in [0.4, 0.5) is 0 Å². The van der Waals surface area contributed by atoms with Crippen molar-refractivity contribution < 1.29 is 9.47 Å². The van der Waals surface area contributed by atoms with Gasteiger partial charge in [-0.2, -0.15) is 0 Å². The van der Waals surface area contributed by atoms with Crippen molar-refractivity contribution >= 4 is 0 Å². The zero-order chi connectivity index (χ0) is 15.8. The zero-order valence-electron chi connectivity index (χ0n) is 14.5. The number of hydrogen-bond acceptors (Lipinski definition) is 2. The van der Waals surface area contributed by atoms with Crippen molar-refractivity contribution in [1.82, 2.24) is 0 Å². The molecule has 0 bridgehead atoms. The van der Waals surface area contributed by atoms with Crippen molar-refractivity contribution in [2.75, 3.05) is 6.61 Å². The number of rotatable bonds is 8. The Kier molecular flexibility index (Phi) is 7.24. The standard InChI is InChI=1S/C20H32O2/c1-4-16(2)19-11-8-12-20(15-19)22-17(3)21-14-13-18-9-6-5-7-10-18/h8,11-12,15-18H,4-7,9-10,13-14H2,1-3H3. The summed E-state index contributed by atoms with van der Waals surface area (Å²) < 4.78 is 11.8. The largest absolute Gasteiger partial charge is 0.465 e. The highest BCUT2D eigenvalue weighted by Gasteiger charge is 2.14. The summed E-state index contributed by atoms with van der Waals surface area (Å²) in [5, 5.41) is 0. The minimum Gasteiger partial charge on any atom is -0.465 e. The van der Waals surface area contributed by atoms with Crippen LogP contribution in [0.2, 0.25) is 0 Å². The summed E-state index contributed by atoms with van der Waals surface area (Å²) in [6.07, 6.45) is 9.15. The van der Waals surface area contributed by atoms with E-state index in [-0.39, 0.29) is 6.29 Å². The van der Waals surface area contributed by atoms with Gasteiger partial charge in [0.2, 0.25) is 0 Å². The zero-order valence-corrected chi connectivity index (χ0v) is 14.5. The van der Waals surface area contributed by atoms with E-state index in [0.717, 1.165) is 24.7 Å². The highest BCUT2D eigenvalue weighted by molar-refractivity contribution is 5.30. The van der Waals surface area contributed by atoms with E-state index in [4.69, 9.17) is 9.47 Å². The van der Waals surface area contributed by atoms with Gasteiger partial charge in [-0.3, -0.25) is 0 Å². The number of benzene rings is 1. The van der Waals surface area contributed by atoms with Crippen molar-refractivity contribution in [3.8, 4) is 5.75 Å². The lowest BCUT2D eigenvalue weighted by atomic mass is 9.87. The third-order valence-corrected chi connectivity index (χ3v) is 4.94. The van der Waals surface area contributed by atoms with Crippen molar-refractivity contribution in [2.24, 2.45) is 5.92 Å². The Hall–Kier alpha value is -1.02. The molecule has 0 radical (unpaired) electrons. The molecule has 2 nitrogen and oxygen atoms in total. The van der Waals surface area contributed by atoms with Gasteiger partial charge in [0.1, 0.15) is 5.75 Å². The van der Waals surface area contributed by atoms with Crippen molar-refractivity contribution in [3.63, 3.8) is 0 Å². The minimum absolute atomic E-state index is 0.171. The third kappa shape index (κ3) is 5.64. The molecule has 0 spiro atoms. The second-order valence-corrected chi connectivity index (χ2v) is 6.73. The fourth-order valence-corrected chi connectivity index (χ4v) is 3.23. The first-order valence-corrected chi connectivity index (χ1v) is 9.07. The Morgan fingerprint density at radius 1 is 1.14 bits per heavy atom. The Morgan fingerprint density at radius 3 is 2.64 bits per heavy atom. The Balaban J connectivity index is 1.73. The van der Waals surface area contributed by atoms with E-state index in [1.165, 1.54) is 44.1 Å². The van der Waals surface area contributed by atoms with E-state index in [2.05, 4.69) is 32.0 Å². The maximum Gasteiger partial charge on any atom is 0.196 e. The maximum absolute atomic E-state index is 5.92. The van der Waals surface area contributed by atoms with Crippen LogP contribution in [0.5, 0.6) is 5.75 Å². The van der Waals surface area contributed by atoms with Crippen LogP contribution in [0.1, 0.15) is 77.2 Å². The minimum atomic E-state index is -0.171. The molecule has 1 saturated carbocycles. The quantitative estimate of drug-likeness (QED) is 0.556. The molecule has 1 aliphatic rings. The first kappa shape index (κ1) is 17.3. The first-order valence-electron chi connectivity index (χ1n) is 9.07. The highest BCUT2D eigenvalue weighted by atomic mass is 16.7. The highest BCUT2D eigenvalue weighted by Crippen LogP contribution is 2.27. The van der Waals surface area contributed by atoms with Gasteiger partial charge >= 0.3 is 0 Å². The number of ether oxygens (including phenoxy) is 2. The third-order valence-electron chi connectivity index (χ3n) is 4.94. The molecule has 22 heavy (non-hydrogen) atoms. The summed E-state index contributed by atoms with van der Waals surface area (Å²) in [5.74, 6) is 2.36. The fraction of sp³-hybridized carbons (Fsp3) is 0.700. The molecule has 2 heteroatoms. The van der Waals surface area contributed by atoms with Crippen LogP contribution in [-0.2, 0) is 4.74 Å². The second-order valence-electron chi connectivity index (χ2n) is 6.73. The molecule has 1 aromatic rings. The summed E-state index contributed by atoms with van der Waals surface area (Å²) in [4.78, 5) is 0. The van der Waals surface area contributed by atoms with Crippen molar-refractivity contribution in [1.29, 1.82) is 0 Å². The smallest absolute Gasteiger partial charge is 0.196 e. The maximum atomic E-state index is 5.92. The van der Waals surface area contributed by atoms with Crippen LogP contribution in [0.3, 0.4) is 0 Å². The van der Waals surface area contributed by atoms with Crippen LogP contribution < -0.4 is 4.74 Å². The van der Waals surface area contributed by atoms with Gasteiger partial charge in [0, 0.05) is 0 Å². The molecule has 124 valence electrons. The van der Waals surface area contributed by atoms with E-state index in [1.54, 1.807) is 0 Å². The number of hydrogen-bond donors (Lipinski definition) is 0. The molecule has 2 atom stereocenters. The average Bonchev–Trinajstić information content (AvgIpc) is 2.55. The van der Waals surface area contributed by atoms with Crippen LogP contribution in [-0.4, -0.2) is 12.9 Å². The average molecular weight is 304 g/mol. The molecule has 0 aromatic heterocycles. The molecule has 0 amide bonds. The van der Waals surface area contributed by atoms with E-state index in [0.29, 0.717) is 5.92 Å². The summed E-state index contributed by atoms with van der Waals surface area (Å²) in [6.45, 7) is 7.28. The van der Waals surface area contributed by atoms with Gasteiger partial charge in [-0.15, -0.1) is 0 Å². The van der Waals surface area contributed by atoms with E-state index in [1.807, 2.05) is 13.0 Å². The molecule has 1 fully saturated rings. The normalized spacial score (nSPS) is 18.9. The fourth-order valence-electron chi connectivity index (χ4n) is 3.23. The topological polar surface area (TPSA) is 18.5 Å². The van der Waals surface area contributed by atoms with Crippen molar-refractivity contribution in [2.45, 2.75) is 77.9 Å². The SMILES string of the molecule is CCC(C)c1cccc(OC(C)OCCC2CCCCC2)c1. The first-order chi connectivity index (χ1) is 10.7. The monoisotopic (exact) mass is 304 g/mol. The molecule has 0 aliphatic heterocycles. The molecule has 2 rings (SSSR count). The van der Waals surface area contributed by atoms with Crippen LogP contribution in [0.15, 0.2) is 24.3 Å². The summed E-state index contributed by atoms with van der Waals surface area (Å²) >= 11 is 0. The molecule has 2 unspecified atom stereocenters. The summed E-state index contributed by atoms with van der Waals surface area (Å²) in [5.41, 5.74) is 1.34. The van der Waals surface area contributed by atoms with Crippen LogP contribution in [0.25, 0.3) is 0 Å². The van der Waals surface area contributed by atoms with Gasteiger partial charge in [-0.05, 0) is 49.3 Å². The van der Waals surface area contributed by atoms with E-state index in [9.17, 15) is 0 Å². The van der Waals surface area contributed by atoms with Crippen LogP contribution in [0, 0.1) is 5.92 Å². The predicted molar refractivity (Wildman–Crippen MR) is 92.4 cm³/mol. The van der Waals surface area contributed by atoms with Gasteiger partial charge in [0.05, 0.1) is 6.61 Å². The van der Waals surface area contributed by atoms with E-state index < -0.39 is 0 Å². The molecule has 0 saturated heterocycles. The second kappa shape index (κ2) is 9.19. The summed E-state index contributed by atoms with van der Waals surface area (Å²) in [7, 11) is 0. The summed E-state index contributed by atoms with van der Waals surface area (Å²) in [6, 6.07) is 8.42. The lowest BCUT2D eigenvalue weighted by molar-refractivity contribution is -0.0711.